The molecule has 0 aliphatic rings. The van der Waals surface area contributed by atoms with Gasteiger partial charge in [0.15, 0.2) is 0 Å². The van der Waals surface area contributed by atoms with E-state index in [9.17, 15) is 9.90 Å². The molecule has 0 fully saturated rings. The van der Waals surface area contributed by atoms with E-state index >= 15 is 0 Å². The van der Waals surface area contributed by atoms with Gasteiger partial charge in [-0.15, -0.1) is 0 Å². The number of carbonyl (C=O) groups is 1. The average molecular weight is 356 g/mol. The minimum atomic E-state index is -1.75. The molecular weight excluding hydrogens is 321 g/mol. The van der Waals surface area contributed by atoms with Crippen LogP contribution in [0, 0.1) is 0 Å². The summed E-state index contributed by atoms with van der Waals surface area (Å²) in [7, 11) is 0. The monoisotopic (exact) mass is 356 g/mol. The van der Waals surface area contributed by atoms with Gasteiger partial charge in [0, 0.05) is 5.97 Å². The van der Waals surface area contributed by atoms with Gasteiger partial charge in [0.25, 0.3) is 0 Å². The first-order valence-electron chi connectivity index (χ1n) is 9.44. The van der Waals surface area contributed by atoms with Gasteiger partial charge in [0.05, 0.1) is 0 Å². The van der Waals surface area contributed by atoms with Crippen LogP contribution in [-0.4, -0.2) is 21.5 Å². The van der Waals surface area contributed by atoms with Crippen LogP contribution in [0.5, 0.6) is 0 Å². The number of carboxylic acids is 1. The Morgan fingerprint density at radius 3 is 1.16 bits per heavy atom. The Hall–Kier alpha value is 0.797. The topological polar surface area (TPSA) is 80.3 Å². The maximum absolute atomic E-state index is 10.2. The van der Waals surface area contributed by atoms with Crippen LogP contribution in [0.2, 0.25) is 0 Å². The third-order valence-corrected chi connectivity index (χ3v) is 3.98. The molecule has 0 aromatic carbocycles. The summed E-state index contributed by atoms with van der Waals surface area (Å²) in [5.41, 5.74) is 0. The van der Waals surface area contributed by atoms with Crippen LogP contribution >= 0.6 is 0 Å². The Labute approximate surface area is 185 Å². The van der Waals surface area contributed by atoms with Crippen LogP contribution in [0.3, 0.4) is 0 Å². The van der Waals surface area contributed by atoms with Gasteiger partial charge in [-0.1, -0.05) is 96.8 Å². The number of carbonyl (C=O) groups excluding carboxylic acids is 1. The zero-order valence-electron chi connectivity index (χ0n) is 17.0. The zero-order chi connectivity index (χ0) is 17.6. The second-order valence-corrected chi connectivity index (χ2v) is 6.36. The first-order valence-corrected chi connectivity index (χ1v) is 10.4. The van der Waals surface area contributed by atoms with E-state index in [0.717, 1.165) is 12.8 Å². The Morgan fingerprint density at radius 1 is 0.680 bits per heavy atom. The summed E-state index contributed by atoms with van der Waals surface area (Å²) in [4.78, 5) is 10.2. The van der Waals surface area contributed by atoms with Crippen LogP contribution in [0.4, 0.5) is 0 Å². The first kappa shape index (κ1) is 33.4. The first-order chi connectivity index (χ1) is 11.2. The summed E-state index contributed by atoms with van der Waals surface area (Å²) in [5, 5.41) is 10.2. The molecule has 0 spiro atoms. The Morgan fingerprint density at radius 2 is 0.920 bits per heavy atom. The van der Waals surface area contributed by atoms with E-state index in [4.69, 9.17) is 7.96 Å². The fourth-order valence-corrected chi connectivity index (χ4v) is 2.64. The fraction of sp³-hybridized carbons (Fsp3) is 0.944. The van der Waals surface area contributed by atoms with E-state index in [0.29, 0.717) is 0 Å². The maximum atomic E-state index is 10.2. The van der Waals surface area contributed by atoms with Crippen molar-refractivity contribution >= 4 is 21.5 Å². The minimum absolute atomic E-state index is 0. The molecule has 0 atom stereocenters. The van der Waals surface area contributed by atoms with Crippen LogP contribution in [0.15, 0.2) is 0 Å². The summed E-state index contributed by atoms with van der Waals surface area (Å²) < 4.78 is 16.9. The molecule has 0 N–H and O–H groups in total. The number of rotatable bonds is 16. The zero-order valence-corrected chi connectivity index (χ0v) is 18.2. The summed E-state index contributed by atoms with van der Waals surface area (Å²) >= 11 is -1.75. The SMILES string of the molecule is CCCCCCCCCCCCCCCCCC(=O)[O-].[Li+].[Li+].[O]=[Al][O-]. The van der Waals surface area contributed by atoms with Gasteiger partial charge in [-0.05, 0) is 12.8 Å². The Kier molecular flexibility index (Phi) is 43.4. The average Bonchev–Trinajstić information content (AvgIpc) is 2.51. The van der Waals surface area contributed by atoms with Gasteiger partial charge >= 0.3 is 61.2 Å². The molecule has 0 amide bonds. The van der Waals surface area contributed by atoms with E-state index in [1.54, 1.807) is 0 Å². The summed E-state index contributed by atoms with van der Waals surface area (Å²) in [5.74, 6) is -0.903. The van der Waals surface area contributed by atoms with Gasteiger partial charge in [0.1, 0.15) is 0 Å². The molecule has 0 saturated carbocycles. The molecule has 0 aliphatic carbocycles. The van der Waals surface area contributed by atoms with Crippen molar-refractivity contribution in [1.29, 1.82) is 0 Å². The second kappa shape index (κ2) is 32.5. The van der Waals surface area contributed by atoms with Crippen LogP contribution < -0.4 is 47.0 Å². The van der Waals surface area contributed by atoms with E-state index in [-0.39, 0.29) is 44.1 Å². The van der Waals surface area contributed by atoms with Crippen molar-refractivity contribution in [3.8, 4) is 0 Å². The number of hydrogen-bond acceptors (Lipinski definition) is 4. The molecule has 0 bridgehead atoms. The normalized spacial score (nSPS) is 9.00. The second-order valence-electron chi connectivity index (χ2n) is 6.17. The predicted molar refractivity (Wildman–Crippen MR) is 91.0 cm³/mol. The van der Waals surface area contributed by atoms with Crippen molar-refractivity contribution in [3.63, 3.8) is 0 Å². The van der Waals surface area contributed by atoms with Crippen molar-refractivity contribution < 1.29 is 55.6 Å². The van der Waals surface area contributed by atoms with Gasteiger partial charge in [-0.2, -0.15) is 0 Å². The number of aliphatic carboxylic acids is 1. The standard InChI is InChI=1S/C18H36O2.Al.2Li.2O/c1-2-3-4-5-6-7-8-9-10-11-12-13-14-15-16-17-18(19)20;;;;;/h2-17H2,1H3,(H,19,20);;;;;/q;;2*+1;;-1/p-1. The van der Waals surface area contributed by atoms with E-state index in [1.807, 2.05) is 0 Å². The molecule has 0 unspecified atom stereocenters. The van der Waals surface area contributed by atoms with Crippen LogP contribution in [0.1, 0.15) is 110 Å². The molecule has 7 heteroatoms. The third kappa shape index (κ3) is 40.7. The van der Waals surface area contributed by atoms with Crippen molar-refractivity contribution in [2.45, 2.75) is 110 Å². The molecule has 0 aromatic rings. The predicted octanol–water partition coefficient (Wildman–Crippen LogP) is -2.68. The third-order valence-electron chi connectivity index (χ3n) is 3.98. The van der Waals surface area contributed by atoms with E-state index in [1.165, 1.54) is 83.5 Å². The van der Waals surface area contributed by atoms with Gasteiger partial charge in [-0.25, -0.2) is 0 Å². The van der Waals surface area contributed by atoms with Crippen molar-refractivity contribution in [2.75, 3.05) is 0 Å². The summed E-state index contributed by atoms with van der Waals surface area (Å²) in [6.07, 6.45) is 19.9. The Bertz CT molecular complexity index is 257. The van der Waals surface area contributed by atoms with Gasteiger partial charge in [0.2, 0.25) is 0 Å². The molecule has 0 aromatic heterocycles. The molecule has 0 saturated heterocycles. The van der Waals surface area contributed by atoms with Crippen molar-refractivity contribution in [2.24, 2.45) is 0 Å². The molecule has 0 rings (SSSR count). The number of unbranched alkanes of at least 4 members (excludes halogenated alkanes) is 14. The van der Waals surface area contributed by atoms with Crippen LogP contribution in [-0.2, 0) is 8.60 Å². The molecule has 0 heterocycles. The van der Waals surface area contributed by atoms with Gasteiger partial charge in [-0.3, -0.25) is 0 Å². The summed E-state index contributed by atoms with van der Waals surface area (Å²) in [6, 6.07) is 0. The number of hydrogen-bond donors (Lipinski definition) is 0. The Balaban J connectivity index is -0.000000409. The molecule has 25 heavy (non-hydrogen) atoms. The molecule has 136 valence electrons. The van der Waals surface area contributed by atoms with E-state index in [2.05, 4.69) is 6.92 Å². The van der Waals surface area contributed by atoms with E-state index < -0.39 is 21.5 Å². The summed E-state index contributed by atoms with van der Waals surface area (Å²) in [6.45, 7) is 2.27. The fourth-order valence-electron chi connectivity index (χ4n) is 2.64. The molecule has 0 aliphatic heterocycles. The van der Waals surface area contributed by atoms with Crippen molar-refractivity contribution in [3.05, 3.63) is 0 Å². The molecule has 0 radical (unpaired) electrons. The molecular formula is C18H35AlLi2O4. The van der Waals surface area contributed by atoms with Crippen LogP contribution in [0.25, 0.3) is 0 Å². The van der Waals surface area contributed by atoms with Gasteiger partial charge < -0.3 is 9.90 Å². The molecule has 4 nitrogen and oxygen atoms in total. The quantitative estimate of drug-likeness (QED) is 0.223. The van der Waals surface area contributed by atoms with Crippen molar-refractivity contribution in [1.82, 2.24) is 0 Å². The number of carboxylic acid groups (broad SMARTS) is 1.